The molecule has 0 heterocycles. The molecule has 2 nitrogen and oxygen atoms in total. The molecule has 1 aromatic rings. The van der Waals surface area contributed by atoms with Gasteiger partial charge in [0.2, 0.25) is 0 Å². The first-order chi connectivity index (χ1) is 14.8. The first kappa shape index (κ1) is 23.5. The van der Waals surface area contributed by atoms with Crippen LogP contribution >= 0.6 is 0 Å². The highest BCUT2D eigenvalue weighted by Crippen LogP contribution is 2.35. The molecular weight excluding hydrogens is 368 g/mol. The molecule has 0 spiro atoms. The molecule has 0 aliphatic heterocycles. The maximum absolute atomic E-state index is 6.09. The topological polar surface area (TPSA) is 18.5 Å². The van der Waals surface area contributed by atoms with E-state index in [0.29, 0.717) is 0 Å². The molecule has 2 heteroatoms. The largest absolute Gasteiger partial charge is 0.494 e. The Bertz CT molecular complexity index is 559. The van der Waals surface area contributed by atoms with Crippen molar-refractivity contribution < 1.29 is 9.47 Å². The molecule has 0 amide bonds. The molecule has 2 atom stereocenters. The highest BCUT2D eigenvalue weighted by Gasteiger charge is 2.23. The van der Waals surface area contributed by atoms with Crippen LogP contribution in [0.25, 0.3) is 0 Å². The minimum Gasteiger partial charge on any atom is -0.494 e. The summed E-state index contributed by atoms with van der Waals surface area (Å²) in [6.45, 7) is 6.38. The number of rotatable bonds is 12. The van der Waals surface area contributed by atoms with Crippen LogP contribution < -0.4 is 9.47 Å². The second-order valence-corrected chi connectivity index (χ2v) is 10.0. The van der Waals surface area contributed by atoms with Gasteiger partial charge in [-0.1, -0.05) is 78.1 Å². The molecule has 0 radical (unpaired) electrons. The molecule has 2 aliphatic rings. The number of unbranched alkanes of at least 4 members (excludes halogenated alkanes) is 1. The van der Waals surface area contributed by atoms with Gasteiger partial charge >= 0.3 is 0 Å². The van der Waals surface area contributed by atoms with E-state index in [-0.39, 0.29) is 0 Å². The Morgan fingerprint density at radius 2 is 1.33 bits per heavy atom. The summed E-state index contributed by atoms with van der Waals surface area (Å²) < 4.78 is 12.1. The number of hydrogen-bond acceptors (Lipinski definition) is 2. The van der Waals surface area contributed by atoms with E-state index < -0.39 is 0 Å². The molecule has 30 heavy (non-hydrogen) atoms. The smallest absolute Gasteiger partial charge is 0.119 e. The maximum atomic E-state index is 6.09. The summed E-state index contributed by atoms with van der Waals surface area (Å²) in [7, 11) is 0. The third-order valence-corrected chi connectivity index (χ3v) is 7.82. The molecule has 2 aliphatic carbocycles. The van der Waals surface area contributed by atoms with Crippen LogP contribution in [0.15, 0.2) is 24.3 Å². The third-order valence-electron chi connectivity index (χ3n) is 7.82. The average Bonchev–Trinajstić information content (AvgIpc) is 2.81. The lowest BCUT2D eigenvalue weighted by Gasteiger charge is -2.30. The van der Waals surface area contributed by atoms with Gasteiger partial charge in [-0.15, -0.1) is 0 Å². The van der Waals surface area contributed by atoms with Gasteiger partial charge in [-0.25, -0.2) is 0 Å². The van der Waals surface area contributed by atoms with Crippen molar-refractivity contribution in [1.82, 2.24) is 0 Å². The molecule has 170 valence electrons. The fraction of sp³-hybridized carbons (Fsp3) is 0.786. The van der Waals surface area contributed by atoms with Gasteiger partial charge in [-0.3, -0.25) is 0 Å². The van der Waals surface area contributed by atoms with Gasteiger partial charge < -0.3 is 9.47 Å². The zero-order chi connectivity index (χ0) is 21.0. The molecule has 0 saturated heterocycles. The summed E-state index contributed by atoms with van der Waals surface area (Å²) in [5.41, 5.74) is 0. The Morgan fingerprint density at radius 1 is 0.700 bits per heavy atom. The van der Waals surface area contributed by atoms with Crippen molar-refractivity contribution in [3.8, 4) is 11.5 Å². The van der Waals surface area contributed by atoms with E-state index in [1.807, 2.05) is 0 Å². The predicted octanol–water partition coefficient (Wildman–Crippen LogP) is 8.44. The van der Waals surface area contributed by atoms with Crippen molar-refractivity contribution in [2.75, 3.05) is 13.2 Å². The van der Waals surface area contributed by atoms with Crippen LogP contribution in [-0.2, 0) is 0 Å². The molecule has 3 rings (SSSR count). The SMILES string of the molecule is CCCCC1CCC(COc2ccc(OCCCC3CCCCC3CC)cc2)CC1. The van der Waals surface area contributed by atoms with Gasteiger partial charge in [0.1, 0.15) is 11.5 Å². The molecule has 2 saturated carbocycles. The summed E-state index contributed by atoms with van der Waals surface area (Å²) in [5.74, 6) is 5.58. The molecule has 0 aromatic heterocycles. The molecule has 0 bridgehead atoms. The standard InChI is InChI=1S/C28H46O2/c1-3-5-9-23-13-15-24(16-14-23)22-30-28-19-17-27(18-20-28)29-21-8-12-26-11-7-6-10-25(26)4-2/h17-20,23-26H,3-16,21-22H2,1-2H3. The molecular formula is C28H46O2. The van der Waals surface area contributed by atoms with Crippen molar-refractivity contribution in [2.24, 2.45) is 23.7 Å². The van der Waals surface area contributed by atoms with Crippen LogP contribution in [0.4, 0.5) is 0 Å². The lowest BCUT2D eigenvalue weighted by molar-refractivity contribution is 0.177. The van der Waals surface area contributed by atoms with Crippen LogP contribution in [0.2, 0.25) is 0 Å². The lowest BCUT2D eigenvalue weighted by Crippen LogP contribution is -2.20. The summed E-state index contributed by atoms with van der Waals surface area (Å²) >= 11 is 0. The Balaban J connectivity index is 1.28. The van der Waals surface area contributed by atoms with Crippen LogP contribution in [0.1, 0.15) is 104 Å². The van der Waals surface area contributed by atoms with Gasteiger partial charge in [-0.05, 0) is 73.6 Å². The lowest BCUT2D eigenvalue weighted by atomic mass is 9.76. The molecule has 2 unspecified atom stereocenters. The first-order valence-electron chi connectivity index (χ1n) is 13.1. The monoisotopic (exact) mass is 414 g/mol. The number of ether oxygens (including phenoxy) is 2. The van der Waals surface area contributed by atoms with Crippen molar-refractivity contribution >= 4 is 0 Å². The van der Waals surface area contributed by atoms with Gasteiger partial charge in [0.05, 0.1) is 13.2 Å². The average molecular weight is 415 g/mol. The summed E-state index contributed by atoms with van der Waals surface area (Å²) in [4.78, 5) is 0. The van der Waals surface area contributed by atoms with Crippen molar-refractivity contribution in [3.63, 3.8) is 0 Å². The predicted molar refractivity (Wildman–Crippen MR) is 127 cm³/mol. The van der Waals surface area contributed by atoms with Gasteiger partial charge in [0, 0.05) is 0 Å². The Morgan fingerprint density at radius 3 is 2.00 bits per heavy atom. The second kappa shape index (κ2) is 13.3. The molecule has 2 fully saturated rings. The van der Waals surface area contributed by atoms with Crippen LogP contribution in [0.5, 0.6) is 11.5 Å². The molecule has 1 aromatic carbocycles. The summed E-state index contributed by atoms with van der Waals surface area (Å²) in [6.07, 6.45) is 19.3. The number of benzene rings is 1. The van der Waals surface area contributed by atoms with Gasteiger partial charge in [0.25, 0.3) is 0 Å². The fourth-order valence-corrected chi connectivity index (χ4v) is 5.76. The quantitative estimate of drug-likeness (QED) is 0.319. The maximum Gasteiger partial charge on any atom is 0.119 e. The van der Waals surface area contributed by atoms with Crippen molar-refractivity contribution in [2.45, 2.75) is 104 Å². The molecule has 0 N–H and O–H groups in total. The van der Waals surface area contributed by atoms with E-state index in [1.54, 1.807) is 0 Å². The first-order valence-corrected chi connectivity index (χ1v) is 13.1. The normalized spacial score (nSPS) is 27.0. The van der Waals surface area contributed by atoms with E-state index >= 15 is 0 Å². The van der Waals surface area contributed by atoms with Gasteiger partial charge in [0.15, 0.2) is 0 Å². The number of hydrogen-bond donors (Lipinski definition) is 0. The second-order valence-electron chi connectivity index (χ2n) is 10.0. The third kappa shape index (κ3) is 7.82. The fourth-order valence-electron chi connectivity index (χ4n) is 5.76. The zero-order valence-corrected chi connectivity index (χ0v) is 19.7. The Hall–Kier alpha value is -1.18. The van der Waals surface area contributed by atoms with Crippen LogP contribution in [0, 0.1) is 23.7 Å². The Kier molecular flexibility index (Phi) is 10.4. The van der Waals surface area contributed by atoms with E-state index in [2.05, 4.69) is 38.1 Å². The minimum atomic E-state index is 0.741. The van der Waals surface area contributed by atoms with E-state index in [4.69, 9.17) is 9.47 Å². The highest BCUT2D eigenvalue weighted by atomic mass is 16.5. The van der Waals surface area contributed by atoms with E-state index in [0.717, 1.165) is 48.4 Å². The van der Waals surface area contributed by atoms with Gasteiger partial charge in [-0.2, -0.15) is 0 Å². The zero-order valence-electron chi connectivity index (χ0n) is 19.7. The van der Waals surface area contributed by atoms with E-state index in [1.165, 1.54) is 89.9 Å². The summed E-state index contributed by atoms with van der Waals surface area (Å²) in [6, 6.07) is 8.31. The van der Waals surface area contributed by atoms with E-state index in [9.17, 15) is 0 Å². The summed E-state index contributed by atoms with van der Waals surface area (Å²) in [5, 5.41) is 0. The van der Waals surface area contributed by atoms with Crippen molar-refractivity contribution in [1.29, 1.82) is 0 Å². The highest BCUT2D eigenvalue weighted by molar-refractivity contribution is 5.31. The van der Waals surface area contributed by atoms with Crippen LogP contribution in [-0.4, -0.2) is 13.2 Å². The minimum absolute atomic E-state index is 0.741. The van der Waals surface area contributed by atoms with Crippen molar-refractivity contribution in [3.05, 3.63) is 24.3 Å². The Labute approximate surface area is 186 Å². The van der Waals surface area contributed by atoms with Crippen LogP contribution in [0.3, 0.4) is 0 Å².